The largest absolute Gasteiger partial charge is 0.573 e. The highest BCUT2D eigenvalue weighted by molar-refractivity contribution is 5.48. The Kier molecular flexibility index (Phi) is 4.88. The van der Waals surface area contributed by atoms with Gasteiger partial charge in [0.1, 0.15) is 11.5 Å². The molecule has 7 heteroatoms. The highest BCUT2D eigenvalue weighted by Crippen LogP contribution is 2.37. The van der Waals surface area contributed by atoms with Crippen LogP contribution in [0, 0.1) is 0 Å². The topological polar surface area (TPSA) is 47.9 Å². The number of benzene rings is 3. The van der Waals surface area contributed by atoms with E-state index in [1.54, 1.807) is 42.5 Å². The van der Waals surface area contributed by atoms with E-state index in [9.17, 15) is 18.3 Å². The summed E-state index contributed by atoms with van der Waals surface area (Å²) in [5.41, 5.74) is 0. The molecule has 0 aromatic heterocycles. The van der Waals surface area contributed by atoms with E-state index in [4.69, 9.17) is 9.47 Å². The summed E-state index contributed by atoms with van der Waals surface area (Å²) >= 11 is 0. The van der Waals surface area contributed by atoms with E-state index in [2.05, 4.69) is 4.74 Å². The molecule has 1 N–H and O–H groups in total. The van der Waals surface area contributed by atoms with E-state index in [0.29, 0.717) is 17.2 Å². The standard InChI is InChI=1S/C19H13F3O4/c20-19(21,22)26-14-11-9-13(10-12-14)24-17-7-3-4-8-18(17)25-16-6-2-1-5-15(16)23/h1-12,23H. The van der Waals surface area contributed by atoms with Gasteiger partial charge in [0.05, 0.1) is 0 Å². The Bertz CT molecular complexity index is 876. The second kappa shape index (κ2) is 7.26. The normalized spacial score (nSPS) is 11.0. The molecule has 0 aliphatic heterocycles. The van der Waals surface area contributed by atoms with Gasteiger partial charge in [-0.3, -0.25) is 0 Å². The van der Waals surface area contributed by atoms with Crippen molar-refractivity contribution < 1.29 is 32.5 Å². The van der Waals surface area contributed by atoms with Crippen molar-refractivity contribution in [3.05, 3.63) is 72.8 Å². The van der Waals surface area contributed by atoms with Crippen molar-refractivity contribution in [3.8, 4) is 34.5 Å². The van der Waals surface area contributed by atoms with Crippen LogP contribution >= 0.6 is 0 Å². The Morgan fingerprint density at radius 2 is 1.12 bits per heavy atom. The molecule has 0 unspecified atom stereocenters. The zero-order valence-corrected chi connectivity index (χ0v) is 13.2. The lowest BCUT2D eigenvalue weighted by atomic mass is 10.3. The van der Waals surface area contributed by atoms with E-state index in [1.807, 2.05) is 0 Å². The lowest BCUT2D eigenvalue weighted by Crippen LogP contribution is -2.16. The van der Waals surface area contributed by atoms with Gasteiger partial charge in [-0.15, -0.1) is 13.2 Å². The first kappa shape index (κ1) is 17.5. The number of phenols is 1. The second-order valence-electron chi connectivity index (χ2n) is 5.14. The number of hydrogen-bond donors (Lipinski definition) is 1. The number of phenolic OH excluding ortho intramolecular Hbond substituents is 1. The number of aromatic hydroxyl groups is 1. The number of halogens is 3. The Morgan fingerprint density at radius 1 is 0.615 bits per heavy atom. The molecule has 3 rings (SSSR count). The van der Waals surface area contributed by atoms with Crippen molar-refractivity contribution in [2.75, 3.05) is 0 Å². The Morgan fingerprint density at radius 3 is 1.69 bits per heavy atom. The van der Waals surface area contributed by atoms with Crippen molar-refractivity contribution >= 4 is 0 Å². The van der Waals surface area contributed by atoms with Crippen molar-refractivity contribution in [1.29, 1.82) is 0 Å². The third kappa shape index (κ3) is 4.60. The molecular weight excluding hydrogens is 349 g/mol. The molecule has 0 bridgehead atoms. The van der Waals surface area contributed by atoms with E-state index in [0.717, 1.165) is 12.1 Å². The monoisotopic (exact) mass is 362 g/mol. The number of alkyl halides is 3. The van der Waals surface area contributed by atoms with E-state index >= 15 is 0 Å². The van der Waals surface area contributed by atoms with Gasteiger partial charge in [-0.2, -0.15) is 0 Å². The van der Waals surface area contributed by atoms with Gasteiger partial charge in [0.2, 0.25) is 0 Å². The predicted molar refractivity (Wildman–Crippen MR) is 87.8 cm³/mol. The molecule has 4 nitrogen and oxygen atoms in total. The summed E-state index contributed by atoms with van der Waals surface area (Å²) < 4.78 is 51.7. The molecule has 0 heterocycles. The van der Waals surface area contributed by atoms with Crippen LogP contribution < -0.4 is 14.2 Å². The summed E-state index contributed by atoms with van der Waals surface area (Å²) in [6.45, 7) is 0. The number of hydrogen-bond acceptors (Lipinski definition) is 4. The number of para-hydroxylation sites is 4. The lowest BCUT2D eigenvalue weighted by Gasteiger charge is -2.13. The minimum absolute atomic E-state index is 0.0315. The minimum atomic E-state index is -4.75. The maximum atomic E-state index is 12.2. The van der Waals surface area contributed by atoms with Crippen molar-refractivity contribution in [2.24, 2.45) is 0 Å². The van der Waals surface area contributed by atoms with Gasteiger partial charge in [0.15, 0.2) is 23.0 Å². The lowest BCUT2D eigenvalue weighted by molar-refractivity contribution is -0.274. The maximum absolute atomic E-state index is 12.2. The Balaban J connectivity index is 1.77. The smallest absolute Gasteiger partial charge is 0.504 e. The molecule has 0 aliphatic rings. The average molecular weight is 362 g/mol. The highest BCUT2D eigenvalue weighted by Gasteiger charge is 2.31. The van der Waals surface area contributed by atoms with Gasteiger partial charge in [0.25, 0.3) is 0 Å². The van der Waals surface area contributed by atoms with Gasteiger partial charge >= 0.3 is 6.36 Å². The molecule has 26 heavy (non-hydrogen) atoms. The first-order chi connectivity index (χ1) is 12.4. The fourth-order valence-corrected chi connectivity index (χ4v) is 2.12. The summed E-state index contributed by atoms with van der Waals surface area (Å²) in [6.07, 6.45) is -4.75. The molecular formula is C19H13F3O4. The molecule has 0 radical (unpaired) electrons. The van der Waals surface area contributed by atoms with Crippen LogP contribution in [0.3, 0.4) is 0 Å². The van der Waals surface area contributed by atoms with Crippen LogP contribution in [-0.2, 0) is 0 Å². The maximum Gasteiger partial charge on any atom is 0.573 e. The first-order valence-electron chi connectivity index (χ1n) is 7.49. The molecule has 0 atom stereocenters. The van der Waals surface area contributed by atoms with Crippen LogP contribution in [0.2, 0.25) is 0 Å². The third-order valence-electron chi connectivity index (χ3n) is 3.22. The van der Waals surface area contributed by atoms with E-state index < -0.39 is 6.36 Å². The van der Waals surface area contributed by atoms with Gasteiger partial charge < -0.3 is 19.3 Å². The van der Waals surface area contributed by atoms with Crippen molar-refractivity contribution in [1.82, 2.24) is 0 Å². The summed E-state index contributed by atoms with van der Waals surface area (Å²) in [5.74, 6) is 0.842. The Labute approximate surface area is 147 Å². The molecule has 0 aliphatic carbocycles. The second-order valence-corrected chi connectivity index (χ2v) is 5.14. The molecule has 3 aromatic rings. The summed E-state index contributed by atoms with van der Waals surface area (Å²) in [4.78, 5) is 0. The zero-order chi connectivity index (χ0) is 18.6. The predicted octanol–water partition coefficient (Wildman–Crippen LogP) is 5.88. The summed E-state index contributed by atoms with van der Waals surface area (Å²) in [7, 11) is 0. The van der Waals surface area contributed by atoms with Crippen molar-refractivity contribution in [2.45, 2.75) is 6.36 Å². The van der Waals surface area contributed by atoms with Gasteiger partial charge in [-0.25, -0.2) is 0 Å². The van der Waals surface area contributed by atoms with E-state index in [1.165, 1.54) is 18.2 Å². The van der Waals surface area contributed by atoms with Crippen molar-refractivity contribution in [3.63, 3.8) is 0 Å². The van der Waals surface area contributed by atoms with Crippen LogP contribution in [0.25, 0.3) is 0 Å². The molecule has 134 valence electrons. The number of rotatable bonds is 5. The van der Waals surface area contributed by atoms with Crippen LogP contribution in [0.15, 0.2) is 72.8 Å². The van der Waals surface area contributed by atoms with Gasteiger partial charge in [-0.05, 0) is 48.5 Å². The Hall–Kier alpha value is -3.35. The molecule has 0 spiro atoms. The zero-order valence-electron chi connectivity index (χ0n) is 13.2. The van der Waals surface area contributed by atoms with E-state index in [-0.39, 0.29) is 17.2 Å². The fraction of sp³-hybridized carbons (Fsp3) is 0.0526. The molecule has 0 saturated heterocycles. The molecule has 0 fully saturated rings. The molecule has 3 aromatic carbocycles. The van der Waals surface area contributed by atoms with Crippen LogP contribution in [-0.4, -0.2) is 11.5 Å². The van der Waals surface area contributed by atoms with Crippen LogP contribution in [0.1, 0.15) is 0 Å². The van der Waals surface area contributed by atoms with Gasteiger partial charge in [0, 0.05) is 0 Å². The third-order valence-corrected chi connectivity index (χ3v) is 3.22. The van der Waals surface area contributed by atoms with Gasteiger partial charge in [-0.1, -0.05) is 24.3 Å². The fourth-order valence-electron chi connectivity index (χ4n) is 2.12. The van der Waals surface area contributed by atoms with Crippen LogP contribution in [0.4, 0.5) is 13.2 Å². The highest BCUT2D eigenvalue weighted by atomic mass is 19.4. The summed E-state index contributed by atoms with van der Waals surface area (Å²) in [5, 5.41) is 9.80. The first-order valence-corrected chi connectivity index (χ1v) is 7.49. The molecule has 0 saturated carbocycles. The minimum Gasteiger partial charge on any atom is -0.504 e. The summed E-state index contributed by atoms with van der Waals surface area (Å²) in [6, 6.07) is 18.1. The molecule has 0 amide bonds. The van der Waals surface area contributed by atoms with Crippen LogP contribution in [0.5, 0.6) is 34.5 Å². The average Bonchev–Trinajstić information content (AvgIpc) is 2.59. The number of ether oxygens (including phenoxy) is 3. The SMILES string of the molecule is Oc1ccccc1Oc1ccccc1Oc1ccc(OC(F)(F)F)cc1. The quantitative estimate of drug-likeness (QED) is 0.616.